The Bertz CT molecular complexity index is 522. The largest absolute Gasteiger partial charge is 0.293 e. The fourth-order valence-corrected chi connectivity index (χ4v) is 2.44. The van der Waals surface area contributed by atoms with E-state index in [9.17, 15) is 4.79 Å². The second kappa shape index (κ2) is 5.89. The Kier molecular flexibility index (Phi) is 4.23. The van der Waals surface area contributed by atoms with Crippen molar-refractivity contribution in [3.8, 4) is 0 Å². The van der Waals surface area contributed by atoms with Gasteiger partial charge in [0.25, 0.3) is 0 Å². The first-order valence-electron chi connectivity index (χ1n) is 5.83. The van der Waals surface area contributed by atoms with Crippen molar-refractivity contribution in [1.29, 1.82) is 0 Å². The van der Waals surface area contributed by atoms with Crippen LogP contribution in [0.15, 0.2) is 35.7 Å². The van der Waals surface area contributed by atoms with Crippen LogP contribution in [0, 0.1) is 6.92 Å². The van der Waals surface area contributed by atoms with E-state index in [1.54, 1.807) is 0 Å². The van der Waals surface area contributed by atoms with E-state index in [0.29, 0.717) is 13.1 Å². The van der Waals surface area contributed by atoms with Gasteiger partial charge in [-0.05, 0) is 37.6 Å². The van der Waals surface area contributed by atoms with Gasteiger partial charge in [-0.15, -0.1) is 11.3 Å². The summed E-state index contributed by atoms with van der Waals surface area (Å²) in [5, 5.41) is 1.93. The molecule has 0 bridgehead atoms. The molecule has 2 rings (SSSR count). The van der Waals surface area contributed by atoms with Gasteiger partial charge >= 0.3 is 0 Å². The molecule has 0 saturated carbocycles. The smallest absolute Gasteiger partial charge is 0.186 e. The molecule has 0 N–H and O–H groups in total. The number of carbonyl (C=O) groups excluding carboxylic acids is 1. The van der Waals surface area contributed by atoms with Crippen LogP contribution in [0.1, 0.15) is 21.1 Å². The third-order valence-electron chi connectivity index (χ3n) is 2.59. The third-order valence-corrected chi connectivity index (χ3v) is 3.50. The Hall–Kier alpha value is -1.52. The van der Waals surface area contributed by atoms with Crippen LogP contribution in [0.4, 0.5) is 0 Å². The number of rotatable bonds is 5. The van der Waals surface area contributed by atoms with Gasteiger partial charge in [0.2, 0.25) is 0 Å². The number of nitrogens with zero attached hydrogens (tertiary/aromatic N) is 2. The average Bonchev–Trinajstić information content (AvgIpc) is 2.81. The number of hydrogen-bond donors (Lipinski definition) is 0. The van der Waals surface area contributed by atoms with Crippen LogP contribution in [-0.4, -0.2) is 29.3 Å². The Morgan fingerprint density at radius 2 is 2.17 bits per heavy atom. The number of thiophene rings is 1. The SMILES string of the molecule is Cc1cccc(CN(C)CC(=O)c2cccs2)n1. The van der Waals surface area contributed by atoms with Crippen molar-refractivity contribution >= 4 is 17.1 Å². The number of ketones is 1. The normalized spacial score (nSPS) is 10.8. The molecule has 0 fully saturated rings. The quantitative estimate of drug-likeness (QED) is 0.775. The van der Waals surface area contributed by atoms with Gasteiger partial charge in [-0.3, -0.25) is 14.7 Å². The van der Waals surface area contributed by atoms with Crippen molar-refractivity contribution in [2.75, 3.05) is 13.6 Å². The van der Waals surface area contributed by atoms with Crippen LogP contribution < -0.4 is 0 Å². The number of likely N-dealkylation sites (N-methyl/N-ethyl adjacent to an activating group) is 1. The first kappa shape index (κ1) is 12.9. The molecule has 4 heteroatoms. The van der Waals surface area contributed by atoms with Crippen LogP contribution in [0.3, 0.4) is 0 Å². The molecule has 3 nitrogen and oxygen atoms in total. The number of hydrogen-bond acceptors (Lipinski definition) is 4. The van der Waals surface area contributed by atoms with Crippen molar-refractivity contribution in [3.63, 3.8) is 0 Å². The minimum atomic E-state index is 0.167. The minimum absolute atomic E-state index is 0.167. The second-order valence-corrected chi connectivity index (χ2v) is 5.29. The lowest BCUT2D eigenvalue weighted by Crippen LogP contribution is -2.25. The van der Waals surface area contributed by atoms with Crippen molar-refractivity contribution in [2.24, 2.45) is 0 Å². The maximum atomic E-state index is 11.9. The molecule has 0 unspecified atom stereocenters. The maximum Gasteiger partial charge on any atom is 0.186 e. The summed E-state index contributed by atoms with van der Waals surface area (Å²) in [6.07, 6.45) is 0. The van der Waals surface area contributed by atoms with Crippen molar-refractivity contribution in [1.82, 2.24) is 9.88 Å². The molecule has 0 atom stereocenters. The molecule has 0 aliphatic heterocycles. The average molecular weight is 260 g/mol. The number of aromatic nitrogens is 1. The monoisotopic (exact) mass is 260 g/mol. The van der Waals surface area contributed by atoms with Gasteiger partial charge < -0.3 is 0 Å². The Balaban J connectivity index is 1.93. The summed E-state index contributed by atoms with van der Waals surface area (Å²) in [6.45, 7) is 3.09. The van der Waals surface area contributed by atoms with Crippen molar-refractivity contribution in [2.45, 2.75) is 13.5 Å². The van der Waals surface area contributed by atoms with Gasteiger partial charge in [-0.1, -0.05) is 12.1 Å². The van der Waals surface area contributed by atoms with E-state index in [2.05, 4.69) is 4.98 Å². The predicted octanol–water partition coefficient (Wildman–Crippen LogP) is 2.77. The van der Waals surface area contributed by atoms with Crippen LogP contribution >= 0.6 is 11.3 Å². The summed E-state index contributed by atoms with van der Waals surface area (Å²) in [5.74, 6) is 0.167. The van der Waals surface area contributed by atoms with Gasteiger partial charge in [0.05, 0.1) is 17.1 Å². The first-order chi connectivity index (χ1) is 8.65. The molecule has 0 amide bonds. The third kappa shape index (κ3) is 3.48. The van der Waals surface area contributed by atoms with E-state index < -0.39 is 0 Å². The number of pyridine rings is 1. The molecule has 0 spiro atoms. The van der Waals surface area contributed by atoms with E-state index in [1.807, 2.05) is 54.6 Å². The van der Waals surface area contributed by atoms with Crippen LogP contribution in [0.25, 0.3) is 0 Å². The topological polar surface area (TPSA) is 33.2 Å². The van der Waals surface area contributed by atoms with Gasteiger partial charge in [0.1, 0.15) is 0 Å². The van der Waals surface area contributed by atoms with Crippen molar-refractivity contribution < 1.29 is 4.79 Å². The fraction of sp³-hybridized carbons (Fsp3) is 0.286. The lowest BCUT2D eigenvalue weighted by atomic mass is 10.2. The zero-order valence-electron chi connectivity index (χ0n) is 10.6. The highest BCUT2D eigenvalue weighted by atomic mass is 32.1. The summed E-state index contributed by atoms with van der Waals surface area (Å²) in [5.41, 5.74) is 2.00. The Labute approximate surface area is 111 Å². The highest BCUT2D eigenvalue weighted by molar-refractivity contribution is 7.12. The number of aryl methyl sites for hydroxylation is 1. The first-order valence-corrected chi connectivity index (χ1v) is 6.71. The molecule has 0 aliphatic carbocycles. The van der Waals surface area contributed by atoms with Crippen molar-refractivity contribution in [3.05, 3.63) is 52.0 Å². The maximum absolute atomic E-state index is 11.9. The van der Waals surface area contributed by atoms with Gasteiger partial charge in [-0.25, -0.2) is 0 Å². The molecule has 2 aromatic rings. The zero-order chi connectivity index (χ0) is 13.0. The summed E-state index contributed by atoms with van der Waals surface area (Å²) in [6, 6.07) is 9.72. The molecule has 0 radical (unpaired) electrons. The number of carbonyl (C=O) groups is 1. The lowest BCUT2D eigenvalue weighted by Gasteiger charge is -2.14. The van der Waals surface area contributed by atoms with Gasteiger partial charge in [0, 0.05) is 12.2 Å². The molecule has 2 heterocycles. The van der Waals surface area contributed by atoms with Crippen LogP contribution in [-0.2, 0) is 6.54 Å². The molecule has 94 valence electrons. The Morgan fingerprint density at radius 3 is 2.83 bits per heavy atom. The van der Waals surface area contributed by atoms with Gasteiger partial charge in [-0.2, -0.15) is 0 Å². The van der Waals surface area contributed by atoms with Crippen LogP contribution in [0.2, 0.25) is 0 Å². The van der Waals surface area contributed by atoms with E-state index in [1.165, 1.54) is 11.3 Å². The van der Waals surface area contributed by atoms with E-state index in [4.69, 9.17) is 0 Å². The van der Waals surface area contributed by atoms with E-state index in [-0.39, 0.29) is 5.78 Å². The Morgan fingerprint density at radius 1 is 1.33 bits per heavy atom. The molecule has 0 saturated heterocycles. The minimum Gasteiger partial charge on any atom is -0.293 e. The highest BCUT2D eigenvalue weighted by Crippen LogP contribution is 2.10. The molecule has 0 aliphatic rings. The lowest BCUT2D eigenvalue weighted by molar-refractivity contribution is 0.0946. The predicted molar refractivity (Wildman–Crippen MR) is 74.0 cm³/mol. The summed E-state index contributed by atoms with van der Waals surface area (Å²) >= 11 is 1.49. The molecule has 18 heavy (non-hydrogen) atoms. The molecule has 2 aromatic heterocycles. The summed E-state index contributed by atoms with van der Waals surface area (Å²) in [7, 11) is 1.94. The van der Waals surface area contributed by atoms with E-state index in [0.717, 1.165) is 16.3 Å². The van der Waals surface area contributed by atoms with Gasteiger partial charge in [0.15, 0.2) is 5.78 Å². The standard InChI is InChI=1S/C14H16N2OS/c1-11-5-3-6-12(15-11)9-16(2)10-13(17)14-7-4-8-18-14/h3-8H,9-10H2,1-2H3. The fourth-order valence-electron chi connectivity index (χ4n) is 1.78. The van der Waals surface area contributed by atoms with Crippen LogP contribution in [0.5, 0.6) is 0 Å². The van der Waals surface area contributed by atoms with E-state index >= 15 is 0 Å². The zero-order valence-corrected chi connectivity index (χ0v) is 11.4. The molecular weight excluding hydrogens is 244 g/mol. The highest BCUT2D eigenvalue weighted by Gasteiger charge is 2.10. The number of Topliss-reactive ketones (excluding diaryl/α,β-unsaturated/α-hetero) is 1. The second-order valence-electron chi connectivity index (χ2n) is 4.34. The molecular formula is C14H16N2OS. The summed E-state index contributed by atoms with van der Waals surface area (Å²) < 4.78 is 0. The molecule has 0 aromatic carbocycles. The summed E-state index contributed by atoms with van der Waals surface area (Å²) in [4.78, 5) is 19.2.